The van der Waals surface area contributed by atoms with Crippen molar-refractivity contribution >= 4 is 99.3 Å². The van der Waals surface area contributed by atoms with Gasteiger partial charge in [-0.2, -0.15) is 0 Å². The summed E-state index contributed by atoms with van der Waals surface area (Å²) in [4.78, 5) is 42.5. The molecule has 20 heteroatoms. The summed E-state index contributed by atoms with van der Waals surface area (Å²) in [6.07, 6.45) is 11.0. The molecule has 1 saturated heterocycles. The smallest absolute Gasteiger partial charge is 1.00 e. The molecule has 1 aliphatic heterocycles. The molecule has 2 N–H and O–H groups in total. The maximum Gasteiger partial charge on any atom is 2.00 e. The van der Waals surface area contributed by atoms with Crippen LogP contribution in [0, 0.1) is 26.8 Å². The van der Waals surface area contributed by atoms with Gasteiger partial charge in [0.25, 0.3) is 5.43 Å². The van der Waals surface area contributed by atoms with Crippen molar-refractivity contribution in [2.75, 3.05) is 13.2 Å². The molecule has 5 heterocycles. The summed E-state index contributed by atoms with van der Waals surface area (Å²) in [6.45, 7) is 9.00. The maximum atomic E-state index is 10.6. The van der Waals surface area contributed by atoms with Gasteiger partial charge < -0.3 is 38.3 Å². The van der Waals surface area contributed by atoms with Crippen LogP contribution < -0.4 is 22.4 Å². The van der Waals surface area contributed by atoms with E-state index in [2.05, 4.69) is 54.5 Å². The van der Waals surface area contributed by atoms with Gasteiger partial charge in [-0.05, 0) is 31.0 Å². The first-order valence-corrected chi connectivity index (χ1v) is 14.5. The minimum Gasteiger partial charge on any atom is -1.00 e. The summed E-state index contributed by atoms with van der Waals surface area (Å²) in [7, 11) is 7.36. The summed E-state index contributed by atoms with van der Waals surface area (Å²) >= 11 is 11.3. The van der Waals surface area contributed by atoms with Crippen LogP contribution in [-0.4, -0.2) is 70.3 Å². The summed E-state index contributed by atoms with van der Waals surface area (Å²) in [5.74, 6) is 0. The number of hydrogen-bond donors (Lipinski definition) is 2. The first-order chi connectivity index (χ1) is 19.5. The minimum absolute atomic E-state index is 0. The first-order valence-electron chi connectivity index (χ1n) is 10.9. The van der Waals surface area contributed by atoms with Crippen LogP contribution in [0.4, 0.5) is 11.4 Å². The van der Waals surface area contributed by atoms with Gasteiger partial charge in [0.15, 0.2) is 0 Å². The average Bonchev–Trinajstić information content (AvgIpc) is 3.67. The Labute approximate surface area is 316 Å². The van der Waals surface area contributed by atoms with E-state index in [1.54, 1.807) is 12.3 Å². The fourth-order valence-electron chi connectivity index (χ4n) is 2.49. The van der Waals surface area contributed by atoms with E-state index in [1.807, 2.05) is 12.3 Å². The molecule has 4 aromatic rings. The zero-order chi connectivity index (χ0) is 31.2. The van der Waals surface area contributed by atoms with Crippen LogP contribution in [0.15, 0.2) is 72.8 Å². The van der Waals surface area contributed by atoms with Crippen LogP contribution in [0.25, 0.3) is 11.0 Å². The molecule has 0 radical (unpaired) electrons. The Bertz CT molecular complexity index is 1440. The predicted molar refractivity (Wildman–Crippen MR) is 186 cm³/mol. The monoisotopic (exact) mass is 818 g/mol. The molecule has 0 spiro atoms. The molecule has 1 aliphatic rings. The Morgan fingerprint density at radius 3 is 1.80 bits per heavy atom. The molecule has 46 heavy (non-hydrogen) atoms. The number of nitro groups is 2. The third kappa shape index (κ3) is 25.0. The fraction of sp³-hybridized carbons (Fsp3) is 0.269. The molecule has 0 aromatic carbocycles. The van der Waals surface area contributed by atoms with Crippen molar-refractivity contribution in [1.29, 1.82) is 0 Å². The van der Waals surface area contributed by atoms with Gasteiger partial charge in [-0.1, -0.05) is 45.5 Å². The van der Waals surface area contributed by atoms with E-state index >= 15 is 0 Å². The zero-order valence-corrected chi connectivity index (χ0v) is 28.9. The molecule has 0 saturated carbocycles. The van der Waals surface area contributed by atoms with Crippen LogP contribution in [0.3, 0.4) is 0 Å². The van der Waals surface area contributed by atoms with Gasteiger partial charge in [0, 0.05) is 65.4 Å². The molecular formula is C26H35BrCl4MgN6O7S. The number of nitrogens with one attached hydrogen (secondary N) is 2. The number of hydrogen-bond acceptors (Lipinski definition) is 9. The third-order valence-corrected chi connectivity index (χ3v) is 4.81. The summed E-state index contributed by atoms with van der Waals surface area (Å²) in [6, 6.07) is 6.14. The molecular weight excluding hydrogens is 786 g/mol. The third-order valence-electron chi connectivity index (χ3n) is 4.17. The molecule has 0 aliphatic carbocycles. The quantitative estimate of drug-likeness (QED) is 0.0911. The van der Waals surface area contributed by atoms with E-state index in [1.165, 1.54) is 31.3 Å². The Kier molecular flexibility index (Phi) is 41.8. The van der Waals surface area contributed by atoms with E-state index < -0.39 is 30.2 Å². The van der Waals surface area contributed by atoms with Crippen LogP contribution in [0.1, 0.15) is 35.1 Å². The number of aromatic nitrogens is 4. The van der Waals surface area contributed by atoms with E-state index in [0.717, 1.165) is 47.7 Å². The second-order valence-corrected chi connectivity index (χ2v) is 10.1. The molecule has 0 atom stereocenters. The molecule has 5 rings (SSSR count). The number of pyridine rings is 3. The SMILES string of the molecule is C.C.C.C1CCOC1.Clc1ccnc2cc[nH]c12.O=S(Cl)Cl.O=[N+]([O-])c1cnccc1Cl.O=c1cc[nH]cc1[N+](=O)[O-].[Br-].[CH-]=C.[Mg+2]. The van der Waals surface area contributed by atoms with E-state index in [-0.39, 0.29) is 73.0 Å². The summed E-state index contributed by atoms with van der Waals surface area (Å²) in [5, 5.41) is 20.9. The van der Waals surface area contributed by atoms with Crippen molar-refractivity contribution < 1.29 is 35.8 Å². The van der Waals surface area contributed by atoms with Gasteiger partial charge in [-0.15, -0.1) is 0 Å². The van der Waals surface area contributed by atoms with Crippen molar-refractivity contribution in [3.8, 4) is 0 Å². The number of aromatic amines is 2. The summed E-state index contributed by atoms with van der Waals surface area (Å²) < 4.78 is 14.0. The van der Waals surface area contributed by atoms with Gasteiger partial charge in [-0.3, -0.25) is 41.6 Å². The van der Waals surface area contributed by atoms with Crippen LogP contribution in [-0.2, 0) is 14.0 Å². The fourth-order valence-corrected chi connectivity index (χ4v) is 2.87. The number of nitrogens with zero attached hydrogens (tertiary/aromatic N) is 4. The normalized spacial score (nSPS) is 9.76. The number of rotatable bonds is 2. The van der Waals surface area contributed by atoms with Crippen molar-refractivity contribution in [2.24, 2.45) is 0 Å². The van der Waals surface area contributed by atoms with Gasteiger partial charge in [0.1, 0.15) is 11.2 Å². The number of H-pyrrole nitrogens is 2. The van der Waals surface area contributed by atoms with Crippen molar-refractivity contribution in [1.82, 2.24) is 19.9 Å². The molecule has 1 fully saturated rings. The van der Waals surface area contributed by atoms with Gasteiger partial charge in [-0.25, -0.2) is 4.21 Å². The molecule has 0 amide bonds. The van der Waals surface area contributed by atoms with E-state index in [9.17, 15) is 25.0 Å². The second-order valence-electron chi connectivity index (χ2n) is 6.77. The second kappa shape index (κ2) is 34.2. The van der Waals surface area contributed by atoms with Crippen LogP contribution in [0.5, 0.6) is 0 Å². The Hall–Kier alpha value is -2.15. The topological polar surface area (TPSA) is 187 Å². The van der Waals surface area contributed by atoms with E-state index in [4.69, 9.17) is 32.1 Å². The maximum absolute atomic E-state index is 10.6. The summed E-state index contributed by atoms with van der Waals surface area (Å²) in [5.41, 5.74) is 0.645. The van der Waals surface area contributed by atoms with Crippen molar-refractivity contribution in [3.63, 3.8) is 0 Å². The Morgan fingerprint density at radius 2 is 1.43 bits per heavy atom. The predicted octanol–water partition coefficient (Wildman–Crippen LogP) is 5.12. The van der Waals surface area contributed by atoms with Gasteiger partial charge in [0.2, 0.25) is 9.23 Å². The first kappa shape index (κ1) is 56.2. The Balaban J connectivity index is -0.000000108. The van der Waals surface area contributed by atoms with Crippen LogP contribution in [0.2, 0.25) is 10.0 Å². The van der Waals surface area contributed by atoms with Crippen molar-refractivity contribution in [3.05, 3.63) is 115 Å². The number of halogens is 5. The molecule has 4 aromatic heterocycles. The molecule has 254 valence electrons. The average molecular weight is 822 g/mol. The molecule has 0 bridgehead atoms. The molecule has 0 unspecified atom stereocenters. The number of fused-ring (bicyclic) bond motifs is 1. The zero-order valence-electron chi connectivity index (χ0n) is 22.0. The minimum atomic E-state index is -1.67. The van der Waals surface area contributed by atoms with Crippen LogP contribution >= 0.6 is 44.6 Å². The Morgan fingerprint density at radius 1 is 0.913 bits per heavy atom. The van der Waals surface area contributed by atoms with Gasteiger partial charge in [0.05, 0.1) is 32.1 Å². The van der Waals surface area contributed by atoms with E-state index in [0.29, 0.717) is 0 Å². The number of ether oxygens (including phenoxy) is 1. The largest absolute Gasteiger partial charge is 2.00 e. The standard InChI is InChI=1S/C7H5ClN2.C5H3ClN2O2.C5H4N2O3.C4H8O.C2H3.3CH4.BrH.Cl2OS.Mg/c8-5-1-3-9-6-2-4-10-7(5)6;6-4-1-2-7-3-5(4)8(9)10;8-5-1-2-6-3-4(5)7(9)10;1-2-4-5-3-1;1-2;;;;;1-4(2)3;/h1-4,10H;1-3H;1-3H,(H,6,8);1-4H2;1H,2H2;3*1H4;1H;;/q;;;;-1;;;;;;+2/p-1. The van der Waals surface area contributed by atoms with Crippen molar-refractivity contribution in [2.45, 2.75) is 35.1 Å². The van der Waals surface area contributed by atoms with Gasteiger partial charge >= 0.3 is 34.4 Å². The molecule has 13 nitrogen and oxygen atoms in total.